The number of carbonyl (C=O) groups excluding carboxylic acids is 1. The van der Waals surface area contributed by atoms with Gasteiger partial charge in [-0.2, -0.15) is 5.10 Å². The minimum Gasteiger partial charge on any atom is -0.347 e. The molecule has 0 bridgehead atoms. The van der Waals surface area contributed by atoms with Crippen molar-refractivity contribution in [1.82, 2.24) is 29.5 Å². The molecule has 1 saturated heterocycles. The van der Waals surface area contributed by atoms with E-state index in [1.54, 1.807) is 10.7 Å². The summed E-state index contributed by atoms with van der Waals surface area (Å²) in [5, 5.41) is 8.45. The topological polar surface area (TPSA) is 72.3 Å². The maximum absolute atomic E-state index is 14.5. The van der Waals surface area contributed by atoms with Gasteiger partial charge in [0.1, 0.15) is 17.3 Å². The minimum atomic E-state index is -0.623. The molecule has 3 heterocycles. The molecule has 0 radical (unpaired) electrons. The van der Waals surface area contributed by atoms with E-state index in [1.165, 1.54) is 12.1 Å². The van der Waals surface area contributed by atoms with Crippen LogP contribution in [0.3, 0.4) is 0 Å². The van der Waals surface area contributed by atoms with Crippen molar-refractivity contribution in [3.05, 3.63) is 71.2 Å². The molecule has 1 atom stereocenters. The van der Waals surface area contributed by atoms with E-state index in [4.69, 9.17) is 6.57 Å². The molecule has 1 amide bonds. The smallest absolute Gasteiger partial charge is 0.272 e. The molecule has 8 nitrogen and oxygen atoms in total. The van der Waals surface area contributed by atoms with Crippen molar-refractivity contribution >= 4 is 22.5 Å². The Hall–Kier alpha value is -4.03. The maximum atomic E-state index is 14.5. The lowest BCUT2D eigenvalue weighted by Gasteiger charge is -2.13. The lowest BCUT2D eigenvalue weighted by Crippen LogP contribution is -2.37. The van der Waals surface area contributed by atoms with Gasteiger partial charge in [0, 0.05) is 42.5 Å². The van der Waals surface area contributed by atoms with Gasteiger partial charge in [0.2, 0.25) is 5.69 Å². The van der Waals surface area contributed by atoms with Crippen LogP contribution in [0.4, 0.5) is 10.1 Å². The molecule has 0 saturated carbocycles. The van der Waals surface area contributed by atoms with E-state index in [0.717, 1.165) is 36.1 Å². The van der Waals surface area contributed by atoms with Crippen molar-refractivity contribution in [1.29, 1.82) is 0 Å². The van der Waals surface area contributed by atoms with Gasteiger partial charge in [-0.1, -0.05) is 12.1 Å². The Morgan fingerprint density at radius 2 is 2.06 bits per heavy atom. The Bertz CT molecular complexity index is 1460. The van der Waals surface area contributed by atoms with Crippen molar-refractivity contribution in [2.75, 3.05) is 20.1 Å². The number of aromatic nitrogens is 4. The predicted molar refractivity (Wildman–Crippen MR) is 128 cm³/mol. The molecule has 34 heavy (non-hydrogen) atoms. The summed E-state index contributed by atoms with van der Waals surface area (Å²) >= 11 is 0. The molecule has 4 aromatic rings. The number of nitrogens with one attached hydrogen (secondary N) is 1. The van der Waals surface area contributed by atoms with Gasteiger partial charge in [-0.25, -0.2) is 14.2 Å². The maximum Gasteiger partial charge on any atom is 0.272 e. The Kier molecular flexibility index (Phi) is 5.38. The lowest BCUT2D eigenvalue weighted by atomic mass is 10.1. The predicted octanol–water partition coefficient (Wildman–Crippen LogP) is 3.86. The number of aryl methyl sites for hydroxylation is 1. The van der Waals surface area contributed by atoms with E-state index in [-0.39, 0.29) is 17.6 Å². The van der Waals surface area contributed by atoms with Crippen molar-refractivity contribution < 1.29 is 9.18 Å². The Morgan fingerprint density at radius 3 is 2.76 bits per heavy atom. The number of hydrogen-bond acceptors (Lipinski definition) is 4. The minimum absolute atomic E-state index is 0.0568. The van der Waals surface area contributed by atoms with Crippen LogP contribution in [0.25, 0.3) is 32.8 Å². The Labute approximate surface area is 196 Å². The summed E-state index contributed by atoms with van der Waals surface area (Å²) in [4.78, 5) is 23.3. The van der Waals surface area contributed by atoms with Crippen LogP contribution in [-0.4, -0.2) is 56.3 Å². The van der Waals surface area contributed by atoms with Gasteiger partial charge < -0.3 is 10.2 Å². The zero-order valence-electron chi connectivity index (χ0n) is 19.2. The van der Waals surface area contributed by atoms with E-state index >= 15 is 0 Å². The van der Waals surface area contributed by atoms with E-state index in [9.17, 15) is 9.18 Å². The lowest BCUT2D eigenvalue weighted by molar-refractivity contribution is 0.0933. The Morgan fingerprint density at radius 1 is 1.24 bits per heavy atom. The van der Waals surface area contributed by atoms with E-state index < -0.39 is 5.82 Å². The van der Waals surface area contributed by atoms with Crippen molar-refractivity contribution in [3.63, 3.8) is 0 Å². The number of nitrogens with zero attached hydrogens (tertiary/aromatic N) is 6. The molecule has 0 spiro atoms. The van der Waals surface area contributed by atoms with E-state index in [1.807, 2.05) is 50.0 Å². The highest BCUT2D eigenvalue weighted by atomic mass is 19.1. The third-order valence-corrected chi connectivity index (χ3v) is 6.24. The fourth-order valence-corrected chi connectivity index (χ4v) is 4.55. The highest BCUT2D eigenvalue weighted by Crippen LogP contribution is 2.31. The second kappa shape index (κ2) is 8.39. The number of fused-ring (bicyclic) bond motifs is 1. The van der Waals surface area contributed by atoms with Crippen LogP contribution in [0.2, 0.25) is 0 Å². The van der Waals surface area contributed by atoms with Crippen LogP contribution in [-0.2, 0) is 7.05 Å². The number of hydrogen-bond donors (Lipinski definition) is 1. The molecule has 1 aliphatic heterocycles. The molecular formula is C25H24FN7O. The molecule has 2 aromatic carbocycles. The van der Waals surface area contributed by atoms with Gasteiger partial charge in [0.25, 0.3) is 5.91 Å². The first-order valence-electron chi connectivity index (χ1n) is 11.0. The third kappa shape index (κ3) is 3.82. The first-order chi connectivity index (χ1) is 16.3. The molecule has 1 aliphatic rings. The molecule has 172 valence electrons. The van der Waals surface area contributed by atoms with E-state index in [2.05, 4.69) is 25.1 Å². The van der Waals surface area contributed by atoms with Crippen LogP contribution in [0, 0.1) is 19.3 Å². The summed E-state index contributed by atoms with van der Waals surface area (Å²) in [5.74, 6) is -0.439. The van der Waals surface area contributed by atoms with Gasteiger partial charge in [-0.15, -0.1) is 0 Å². The molecular weight excluding hydrogens is 433 g/mol. The summed E-state index contributed by atoms with van der Waals surface area (Å²) in [5.41, 5.74) is 3.01. The van der Waals surface area contributed by atoms with Gasteiger partial charge in [0.15, 0.2) is 0 Å². The highest BCUT2D eigenvalue weighted by molar-refractivity contribution is 5.95. The van der Waals surface area contributed by atoms with Crippen molar-refractivity contribution in [2.45, 2.75) is 19.4 Å². The van der Waals surface area contributed by atoms with Crippen LogP contribution in [0.5, 0.6) is 0 Å². The van der Waals surface area contributed by atoms with E-state index in [0.29, 0.717) is 22.8 Å². The zero-order valence-corrected chi connectivity index (χ0v) is 19.2. The normalized spacial score (nSPS) is 16.1. The number of halogens is 1. The summed E-state index contributed by atoms with van der Waals surface area (Å²) in [6, 6.07) is 10.2. The van der Waals surface area contributed by atoms with Crippen LogP contribution in [0.15, 0.2) is 42.6 Å². The molecule has 1 N–H and O–H groups in total. The summed E-state index contributed by atoms with van der Waals surface area (Å²) < 4.78 is 18.1. The summed E-state index contributed by atoms with van der Waals surface area (Å²) in [6.07, 6.45) is 2.80. The monoisotopic (exact) mass is 457 g/mol. The molecule has 1 fully saturated rings. The fraction of sp³-hybridized carbons (Fsp3) is 0.280. The summed E-state index contributed by atoms with van der Waals surface area (Å²) in [6.45, 7) is 10.7. The van der Waals surface area contributed by atoms with Gasteiger partial charge in [0.05, 0.1) is 17.8 Å². The number of benzene rings is 2. The SMILES string of the molecule is [C-]#[N+]c1ccc(-c2nc(C(=O)N[C@H]3CCN(C)C3)c(C)n2-c2ccc3nn(C)cc3c2)cc1F. The second-order valence-electron chi connectivity index (χ2n) is 8.75. The molecule has 2 aromatic heterocycles. The van der Waals surface area contributed by atoms with Crippen LogP contribution >= 0.6 is 0 Å². The third-order valence-electron chi connectivity index (χ3n) is 6.24. The van der Waals surface area contributed by atoms with Gasteiger partial charge >= 0.3 is 0 Å². The number of carbonyl (C=O) groups is 1. The molecule has 0 aliphatic carbocycles. The number of imidazole rings is 1. The molecule has 0 unspecified atom stereocenters. The van der Waals surface area contributed by atoms with Crippen molar-refractivity contribution in [3.8, 4) is 17.1 Å². The quantitative estimate of drug-likeness (QED) is 0.473. The Balaban J connectivity index is 1.63. The second-order valence-corrected chi connectivity index (χ2v) is 8.75. The van der Waals surface area contributed by atoms with Crippen LogP contribution in [0.1, 0.15) is 22.6 Å². The average Bonchev–Trinajstić information content (AvgIpc) is 3.48. The first-order valence-corrected chi connectivity index (χ1v) is 11.0. The van der Waals surface area contributed by atoms with Gasteiger partial charge in [-0.3, -0.25) is 14.0 Å². The fourth-order valence-electron chi connectivity index (χ4n) is 4.55. The zero-order chi connectivity index (χ0) is 24.0. The largest absolute Gasteiger partial charge is 0.347 e. The van der Waals surface area contributed by atoms with Gasteiger partial charge in [-0.05, 0) is 51.2 Å². The van der Waals surface area contributed by atoms with Crippen molar-refractivity contribution in [2.24, 2.45) is 7.05 Å². The number of amides is 1. The molecule has 5 rings (SSSR count). The number of rotatable bonds is 4. The number of likely N-dealkylation sites (tertiary alicyclic amines) is 1. The first kappa shape index (κ1) is 21.8. The standard InChI is InChI=1S/C25H24FN7O/c1-15-23(25(34)28-18-9-10-31(3)14-18)29-24(16-5-7-22(27-2)20(26)12-16)33(15)19-6-8-21-17(11-19)13-32(4)30-21/h5-8,11-13,18H,9-10,14H2,1,3-4H3,(H,28,34)/t18-/m0/s1. The number of likely N-dealkylation sites (N-methyl/N-ethyl adjacent to an activating group) is 1. The average molecular weight is 458 g/mol. The summed E-state index contributed by atoms with van der Waals surface area (Å²) in [7, 11) is 3.89. The van der Waals surface area contributed by atoms with Crippen LogP contribution < -0.4 is 5.32 Å². The highest BCUT2D eigenvalue weighted by Gasteiger charge is 2.26. The molecule has 9 heteroatoms.